The Morgan fingerprint density at radius 2 is 2.00 bits per heavy atom. The van der Waals surface area contributed by atoms with Crippen LogP contribution in [-0.4, -0.2) is 74.6 Å². The molecule has 4 N–H and O–H groups in total. The highest BCUT2D eigenvalue weighted by atomic mass is 31.2. The van der Waals surface area contributed by atoms with Gasteiger partial charge in [-0.05, 0) is 39.8 Å². The molecule has 1 fully saturated rings. The van der Waals surface area contributed by atoms with Gasteiger partial charge in [-0.15, -0.1) is 0 Å². The van der Waals surface area contributed by atoms with Crippen molar-refractivity contribution >= 4 is 36.8 Å². The Bertz CT molecular complexity index is 1660. The molecule has 6 atom stereocenters. The Kier molecular flexibility index (Phi) is 9.95. The van der Waals surface area contributed by atoms with Crippen molar-refractivity contribution in [1.82, 2.24) is 24.6 Å². The lowest BCUT2D eigenvalue weighted by Gasteiger charge is -2.26. The molecule has 45 heavy (non-hydrogen) atoms. The van der Waals surface area contributed by atoms with Crippen LogP contribution >= 0.6 is 7.75 Å². The van der Waals surface area contributed by atoms with Crippen molar-refractivity contribution in [2.75, 3.05) is 19.5 Å². The first-order valence-electron chi connectivity index (χ1n) is 13.7. The van der Waals surface area contributed by atoms with Crippen LogP contribution in [0.25, 0.3) is 11.2 Å². The summed E-state index contributed by atoms with van der Waals surface area (Å²) in [5, 5.41) is 23.9. The zero-order valence-corrected chi connectivity index (χ0v) is 26.3. The fourth-order valence-corrected chi connectivity index (χ4v) is 6.02. The SMILES string of the molecule is COc1nc(N)nc2c1ncn2C1OC(COP(=O)(NC(C)C(=O)OC(C)C)Oc2cccc(OC(C)=O)c2)C(O)C1(C)C#N. The number of benzene rings is 1. The summed E-state index contributed by atoms with van der Waals surface area (Å²) >= 11 is 0. The van der Waals surface area contributed by atoms with Gasteiger partial charge in [0.1, 0.15) is 35.2 Å². The molecular weight excluding hydrogens is 613 g/mol. The summed E-state index contributed by atoms with van der Waals surface area (Å²) in [7, 11) is -3.07. The third-order valence-corrected chi connectivity index (χ3v) is 8.28. The number of fused-ring (bicyclic) bond motifs is 1. The molecule has 6 unspecified atom stereocenters. The van der Waals surface area contributed by atoms with Gasteiger partial charge in [0.15, 0.2) is 17.4 Å². The molecule has 1 saturated heterocycles. The molecule has 4 rings (SSSR count). The number of hydrogen-bond acceptors (Lipinski definition) is 15. The molecule has 0 radical (unpaired) electrons. The second-order valence-corrected chi connectivity index (χ2v) is 12.3. The van der Waals surface area contributed by atoms with E-state index in [0.717, 1.165) is 0 Å². The lowest BCUT2D eigenvalue weighted by molar-refractivity contribution is -0.149. The van der Waals surface area contributed by atoms with E-state index in [2.05, 4.69) is 26.1 Å². The number of nitrogens with two attached hydrogens (primary N) is 1. The van der Waals surface area contributed by atoms with Gasteiger partial charge in [0.2, 0.25) is 11.8 Å². The first-order valence-corrected chi connectivity index (χ1v) is 15.2. The van der Waals surface area contributed by atoms with Crippen LogP contribution < -0.4 is 24.8 Å². The van der Waals surface area contributed by atoms with Crippen molar-refractivity contribution < 1.29 is 47.3 Å². The Morgan fingerprint density at radius 3 is 2.64 bits per heavy atom. The summed E-state index contributed by atoms with van der Waals surface area (Å²) in [4.78, 5) is 36.4. The molecule has 0 aliphatic carbocycles. The minimum atomic E-state index is -4.45. The first-order chi connectivity index (χ1) is 21.2. The summed E-state index contributed by atoms with van der Waals surface area (Å²) in [6.07, 6.45) is -2.99. The van der Waals surface area contributed by atoms with Gasteiger partial charge >= 0.3 is 19.7 Å². The summed E-state index contributed by atoms with van der Waals surface area (Å²) in [6.45, 7) is 6.81. The van der Waals surface area contributed by atoms with Gasteiger partial charge in [0.05, 0.1) is 32.2 Å². The number of anilines is 1. The highest BCUT2D eigenvalue weighted by Crippen LogP contribution is 2.50. The normalized spacial score (nSPS) is 23.2. The number of methoxy groups -OCH3 is 1. The van der Waals surface area contributed by atoms with Crippen molar-refractivity contribution in [1.29, 1.82) is 5.26 Å². The standard InChI is InChI=1S/C27H34N7O10P/c1-14(2)41-24(37)15(3)33-45(38,44-18-9-7-8-17(10-18)42-16(4)35)40-11-19-21(36)27(5,12-28)25(43-19)34-13-30-20-22(34)31-26(29)32-23(20)39-6/h7-10,13-15,19,21,25,36H,11H2,1-6H3,(H,33,38)(H2,29,31,32). The number of nitriles is 1. The fraction of sp³-hybridized carbons (Fsp3) is 0.481. The fourth-order valence-electron chi connectivity index (χ4n) is 4.53. The quantitative estimate of drug-likeness (QED) is 0.145. The van der Waals surface area contributed by atoms with Crippen molar-refractivity contribution in [3.05, 3.63) is 30.6 Å². The number of aromatic nitrogens is 4. The van der Waals surface area contributed by atoms with Gasteiger partial charge in [-0.3, -0.25) is 18.7 Å². The van der Waals surface area contributed by atoms with Crippen molar-refractivity contribution in [2.24, 2.45) is 5.41 Å². The molecule has 1 aromatic carbocycles. The monoisotopic (exact) mass is 647 g/mol. The number of carbonyl (C=O) groups is 2. The van der Waals surface area contributed by atoms with Crippen molar-refractivity contribution in [3.63, 3.8) is 0 Å². The maximum Gasteiger partial charge on any atom is 0.459 e. The van der Waals surface area contributed by atoms with Crippen LogP contribution in [0.1, 0.15) is 40.8 Å². The van der Waals surface area contributed by atoms with Gasteiger partial charge < -0.3 is 34.3 Å². The van der Waals surface area contributed by atoms with Crippen LogP contribution in [0.5, 0.6) is 17.4 Å². The number of imidazole rings is 1. The van der Waals surface area contributed by atoms with E-state index in [1.807, 2.05) is 0 Å². The van der Waals surface area contributed by atoms with Crippen molar-refractivity contribution in [3.8, 4) is 23.4 Å². The molecule has 17 nitrogen and oxygen atoms in total. The lowest BCUT2D eigenvalue weighted by atomic mass is 9.84. The van der Waals surface area contributed by atoms with Crippen LogP contribution in [0.15, 0.2) is 30.6 Å². The minimum Gasteiger partial charge on any atom is -0.479 e. The number of rotatable bonds is 12. The van der Waals surface area contributed by atoms with E-state index in [9.17, 15) is 24.5 Å². The number of carbonyl (C=O) groups excluding carboxylic acids is 2. The molecule has 0 saturated carbocycles. The first kappa shape index (κ1) is 33.6. The lowest BCUT2D eigenvalue weighted by Crippen LogP contribution is -2.39. The van der Waals surface area contributed by atoms with Crippen LogP contribution in [0, 0.1) is 16.7 Å². The third kappa shape index (κ3) is 7.32. The minimum absolute atomic E-state index is 0.0299. The summed E-state index contributed by atoms with van der Waals surface area (Å²) < 4.78 is 48.4. The third-order valence-electron chi connectivity index (χ3n) is 6.64. The van der Waals surface area contributed by atoms with E-state index in [4.69, 9.17) is 33.7 Å². The van der Waals surface area contributed by atoms with Crippen LogP contribution in [-0.2, 0) is 28.2 Å². The van der Waals surface area contributed by atoms with E-state index in [1.54, 1.807) is 13.8 Å². The molecule has 0 spiro atoms. The van der Waals surface area contributed by atoms with Gasteiger partial charge in [-0.25, -0.2) is 9.55 Å². The molecule has 18 heteroatoms. The zero-order chi connectivity index (χ0) is 33.1. The molecule has 0 bridgehead atoms. The van der Waals surface area contributed by atoms with E-state index in [1.165, 1.54) is 63.0 Å². The van der Waals surface area contributed by atoms with Crippen molar-refractivity contribution in [2.45, 2.75) is 65.2 Å². The van der Waals surface area contributed by atoms with Crippen LogP contribution in [0.4, 0.5) is 5.95 Å². The predicted molar refractivity (Wildman–Crippen MR) is 156 cm³/mol. The van der Waals surface area contributed by atoms with Crippen LogP contribution in [0.2, 0.25) is 0 Å². The Labute approximate surface area is 258 Å². The van der Waals surface area contributed by atoms with E-state index in [0.29, 0.717) is 0 Å². The number of ether oxygens (including phenoxy) is 4. The number of esters is 2. The second kappa shape index (κ2) is 13.3. The van der Waals surface area contributed by atoms with E-state index < -0.39 is 62.3 Å². The summed E-state index contributed by atoms with van der Waals surface area (Å²) in [5.74, 6) is -1.27. The number of aliphatic hydroxyl groups is 1. The van der Waals surface area contributed by atoms with E-state index >= 15 is 0 Å². The molecule has 3 heterocycles. The average molecular weight is 648 g/mol. The molecule has 0 amide bonds. The smallest absolute Gasteiger partial charge is 0.459 e. The molecular formula is C27H34N7O10P. The van der Waals surface area contributed by atoms with Gasteiger partial charge in [0.25, 0.3) is 0 Å². The van der Waals surface area contributed by atoms with E-state index in [-0.39, 0.29) is 34.5 Å². The molecule has 242 valence electrons. The largest absolute Gasteiger partial charge is 0.479 e. The average Bonchev–Trinajstić information content (AvgIpc) is 3.49. The topological polar surface area (TPSA) is 232 Å². The Hall–Kier alpha value is -4.33. The maximum absolute atomic E-state index is 14.1. The molecule has 2 aromatic heterocycles. The second-order valence-electron chi connectivity index (χ2n) is 10.6. The number of aliphatic hydroxyl groups excluding tert-OH is 1. The molecule has 3 aromatic rings. The van der Waals surface area contributed by atoms with Crippen LogP contribution in [0.3, 0.4) is 0 Å². The van der Waals surface area contributed by atoms with Gasteiger partial charge in [-0.1, -0.05) is 6.07 Å². The highest BCUT2D eigenvalue weighted by Gasteiger charge is 2.56. The number of nitrogens with one attached hydrogen (secondary N) is 1. The zero-order valence-electron chi connectivity index (χ0n) is 25.4. The highest BCUT2D eigenvalue weighted by molar-refractivity contribution is 7.52. The number of hydrogen-bond donors (Lipinski definition) is 3. The molecule has 1 aliphatic rings. The Morgan fingerprint density at radius 1 is 1.29 bits per heavy atom. The van der Waals surface area contributed by atoms with Gasteiger partial charge in [-0.2, -0.15) is 20.3 Å². The Balaban J connectivity index is 1.62. The van der Waals surface area contributed by atoms with Gasteiger partial charge in [0, 0.05) is 13.0 Å². The summed E-state index contributed by atoms with van der Waals surface area (Å²) in [6, 6.07) is 6.61. The maximum atomic E-state index is 14.1. The summed E-state index contributed by atoms with van der Waals surface area (Å²) in [5.41, 5.74) is 4.67. The molecule has 1 aliphatic heterocycles. The number of nitrogens with zero attached hydrogens (tertiary/aromatic N) is 5. The predicted octanol–water partition coefficient (Wildman–Crippen LogP) is 2.26. The number of nitrogen functional groups attached to an aromatic ring is 1.